The van der Waals surface area contributed by atoms with Gasteiger partial charge in [0.1, 0.15) is 17.2 Å². The molecule has 0 unspecified atom stereocenters. The lowest BCUT2D eigenvalue weighted by Gasteiger charge is -2.15. The molecule has 0 atom stereocenters. The Morgan fingerprint density at radius 3 is 2.80 bits per heavy atom. The Morgan fingerprint density at radius 2 is 1.92 bits per heavy atom. The van der Waals surface area contributed by atoms with E-state index in [1.54, 1.807) is 0 Å². The third-order valence-corrected chi connectivity index (χ3v) is 4.94. The molecule has 1 aliphatic heterocycles. The van der Waals surface area contributed by atoms with Gasteiger partial charge in [-0.3, -0.25) is 4.68 Å². The van der Waals surface area contributed by atoms with Crippen LogP contribution in [0.5, 0.6) is 0 Å². The van der Waals surface area contributed by atoms with E-state index in [2.05, 4.69) is 26.8 Å². The van der Waals surface area contributed by atoms with Crippen LogP contribution >= 0.6 is 0 Å². The topological polar surface area (TPSA) is 46.5 Å². The van der Waals surface area contributed by atoms with Crippen LogP contribution in [0.25, 0.3) is 33.4 Å². The minimum Gasteiger partial charge on any atom is -0.346 e. The van der Waals surface area contributed by atoms with Gasteiger partial charge in [-0.25, -0.2) is 9.37 Å². The lowest BCUT2D eigenvalue weighted by atomic mass is 9.94. The fourth-order valence-electron chi connectivity index (χ4n) is 3.76. The average Bonchev–Trinajstić information content (AvgIpc) is 3.26. The first kappa shape index (κ1) is 14.4. The SMILES string of the molecule is Fc1ccc(-c2nn3c(c2-c2ccnc4[nH]ccc24)CCCC3)cc1. The molecule has 124 valence electrons. The lowest BCUT2D eigenvalue weighted by Crippen LogP contribution is -2.11. The second-order valence-corrected chi connectivity index (χ2v) is 6.46. The maximum absolute atomic E-state index is 13.4. The van der Waals surface area contributed by atoms with Crippen LogP contribution in [0.2, 0.25) is 0 Å². The maximum Gasteiger partial charge on any atom is 0.137 e. The highest BCUT2D eigenvalue weighted by Gasteiger charge is 2.24. The van der Waals surface area contributed by atoms with Gasteiger partial charge in [0, 0.05) is 41.1 Å². The number of H-pyrrole nitrogens is 1. The number of benzene rings is 1. The predicted molar refractivity (Wildman–Crippen MR) is 95.6 cm³/mol. The van der Waals surface area contributed by atoms with Crippen molar-refractivity contribution in [2.24, 2.45) is 0 Å². The summed E-state index contributed by atoms with van der Waals surface area (Å²) in [5.41, 5.74) is 6.29. The first-order chi connectivity index (χ1) is 12.3. The quantitative estimate of drug-likeness (QED) is 0.584. The smallest absolute Gasteiger partial charge is 0.137 e. The van der Waals surface area contributed by atoms with E-state index in [-0.39, 0.29) is 5.82 Å². The fraction of sp³-hybridized carbons (Fsp3) is 0.200. The molecule has 4 nitrogen and oxygen atoms in total. The molecule has 5 rings (SSSR count). The molecule has 0 radical (unpaired) electrons. The zero-order valence-corrected chi connectivity index (χ0v) is 13.7. The molecule has 3 aromatic heterocycles. The van der Waals surface area contributed by atoms with Crippen LogP contribution in [0.1, 0.15) is 18.5 Å². The zero-order valence-electron chi connectivity index (χ0n) is 13.7. The van der Waals surface area contributed by atoms with E-state index in [1.165, 1.54) is 24.2 Å². The number of aryl methyl sites for hydroxylation is 1. The Bertz CT molecular complexity index is 1060. The summed E-state index contributed by atoms with van der Waals surface area (Å²) in [7, 11) is 0. The molecule has 4 heterocycles. The van der Waals surface area contributed by atoms with E-state index < -0.39 is 0 Å². The van der Waals surface area contributed by atoms with Gasteiger partial charge < -0.3 is 4.98 Å². The molecular formula is C20H17FN4. The molecule has 0 amide bonds. The van der Waals surface area contributed by atoms with Crippen molar-refractivity contribution in [3.63, 3.8) is 0 Å². The van der Waals surface area contributed by atoms with Gasteiger partial charge in [0.2, 0.25) is 0 Å². The van der Waals surface area contributed by atoms with Crippen LogP contribution in [-0.4, -0.2) is 19.7 Å². The minimum atomic E-state index is -0.230. The molecule has 1 aliphatic rings. The molecule has 5 heteroatoms. The van der Waals surface area contributed by atoms with Gasteiger partial charge in [-0.05, 0) is 61.2 Å². The fourth-order valence-corrected chi connectivity index (χ4v) is 3.76. The number of aromatic amines is 1. The van der Waals surface area contributed by atoms with Crippen LogP contribution in [0.15, 0.2) is 48.8 Å². The van der Waals surface area contributed by atoms with Crippen molar-refractivity contribution in [1.82, 2.24) is 19.7 Å². The summed E-state index contributed by atoms with van der Waals surface area (Å²) in [4.78, 5) is 7.59. The summed E-state index contributed by atoms with van der Waals surface area (Å²) >= 11 is 0. The van der Waals surface area contributed by atoms with Crippen molar-refractivity contribution in [3.05, 3.63) is 60.3 Å². The summed E-state index contributed by atoms with van der Waals surface area (Å²) in [6.07, 6.45) is 7.07. The number of nitrogens with zero attached hydrogens (tertiary/aromatic N) is 3. The molecule has 0 aliphatic carbocycles. The largest absolute Gasteiger partial charge is 0.346 e. The minimum absolute atomic E-state index is 0.230. The number of halogens is 1. The van der Waals surface area contributed by atoms with Gasteiger partial charge >= 0.3 is 0 Å². The monoisotopic (exact) mass is 332 g/mol. The van der Waals surface area contributed by atoms with Crippen LogP contribution < -0.4 is 0 Å². The average molecular weight is 332 g/mol. The van der Waals surface area contributed by atoms with Crippen molar-refractivity contribution >= 4 is 11.0 Å². The summed E-state index contributed by atoms with van der Waals surface area (Å²) in [5, 5.41) is 5.97. The Morgan fingerprint density at radius 1 is 1.04 bits per heavy atom. The summed E-state index contributed by atoms with van der Waals surface area (Å²) in [6.45, 7) is 0.935. The molecule has 1 N–H and O–H groups in total. The zero-order chi connectivity index (χ0) is 16.8. The predicted octanol–water partition coefficient (Wildman–Crippen LogP) is 4.57. The first-order valence-corrected chi connectivity index (χ1v) is 8.59. The summed E-state index contributed by atoms with van der Waals surface area (Å²) in [5.74, 6) is -0.230. The number of rotatable bonds is 2. The van der Waals surface area contributed by atoms with Gasteiger partial charge in [-0.1, -0.05) is 0 Å². The van der Waals surface area contributed by atoms with Crippen molar-refractivity contribution < 1.29 is 4.39 Å². The molecular weight excluding hydrogens is 315 g/mol. The number of fused-ring (bicyclic) bond motifs is 2. The Kier molecular flexibility index (Phi) is 3.20. The van der Waals surface area contributed by atoms with Crippen LogP contribution in [0.4, 0.5) is 4.39 Å². The molecule has 0 saturated carbocycles. The van der Waals surface area contributed by atoms with Gasteiger partial charge in [0.15, 0.2) is 0 Å². The maximum atomic E-state index is 13.4. The third kappa shape index (κ3) is 2.27. The van der Waals surface area contributed by atoms with E-state index in [1.807, 2.05) is 24.5 Å². The highest BCUT2D eigenvalue weighted by atomic mass is 19.1. The Hall–Kier alpha value is -2.95. The van der Waals surface area contributed by atoms with E-state index in [4.69, 9.17) is 5.10 Å². The third-order valence-electron chi connectivity index (χ3n) is 4.94. The van der Waals surface area contributed by atoms with Crippen molar-refractivity contribution in [1.29, 1.82) is 0 Å². The number of hydrogen-bond donors (Lipinski definition) is 1. The lowest BCUT2D eigenvalue weighted by molar-refractivity contribution is 0.487. The molecule has 0 fully saturated rings. The molecule has 0 saturated heterocycles. The van der Waals surface area contributed by atoms with Crippen molar-refractivity contribution in [2.75, 3.05) is 0 Å². The van der Waals surface area contributed by atoms with Gasteiger partial charge in [0.05, 0.1) is 0 Å². The molecule has 25 heavy (non-hydrogen) atoms. The summed E-state index contributed by atoms with van der Waals surface area (Å²) < 4.78 is 15.5. The highest BCUT2D eigenvalue weighted by molar-refractivity contribution is 5.98. The number of nitrogens with one attached hydrogen (secondary N) is 1. The van der Waals surface area contributed by atoms with Crippen LogP contribution in [-0.2, 0) is 13.0 Å². The van der Waals surface area contributed by atoms with Crippen LogP contribution in [0, 0.1) is 5.82 Å². The second kappa shape index (κ2) is 5.55. The molecule has 4 aromatic rings. The van der Waals surface area contributed by atoms with Crippen molar-refractivity contribution in [2.45, 2.75) is 25.8 Å². The normalized spacial score (nSPS) is 14.0. The van der Waals surface area contributed by atoms with Crippen LogP contribution in [0.3, 0.4) is 0 Å². The van der Waals surface area contributed by atoms with E-state index in [9.17, 15) is 4.39 Å². The second-order valence-electron chi connectivity index (χ2n) is 6.46. The number of aromatic nitrogens is 4. The Balaban J connectivity index is 1.81. The van der Waals surface area contributed by atoms with E-state index >= 15 is 0 Å². The van der Waals surface area contributed by atoms with E-state index in [0.717, 1.165) is 52.8 Å². The molecule has 1 aromatic carbocycles. The summed E-state index contributed by atoms with van der Waals surface area (Å²) in [6, 6.07) is 10.7. The van der Waals surface area contributed by atoms with E-state index in [0.29, 0.717) is 0 Å². The number of pyridine rings is 1. The Labute approximate surface area is 144 Å². The highest BCUT2D eigenvalue weighted by Crippen LogP contribution is 2.39. The first-order valence-electron chi connectivity index (χ1n) is 8.59. The standard InChI is InChI=1S/C20H17FN4/c21-14-6-4-13(5-7-14)19-18(17-3-1-2-12-25(17)24-19)15-8-10-22-20-16(15)9-11-23-20/h4-11H,1-3,12H2,(H,22,23). The van der Waals surface area contributed by atoms with Gasteiger partial charge in [-0.15, -0.1) is 0 Å². The molecule has 0 spiro atoms. The van der Waals surface area contributed by atoms with Gasteiger partial charge in [-0.2, -0.15) is 5.10 Å². The van der Waals surface area contributed by atoms with Gasteiger partial charge in [0.25, 0.3) is 0 Å². The molecule has 0 bridgehead atoms. The van der Waals surface area contributed by atoms with Crippen molar-refractivity contribution in [3.8, 4) is 22.4 Å². The number of hydrogen-bond acceptors (Lipinski definition) is 2.